The van der Waals surface area contributed by atoms with Crippen LogP contribution in [0.2, 0.25) is 0 Å². The molecule has 2 saturated heterocycles. The van der Waals surface area contributed by atoms with Crippen molar-refractivity contribution < 1.29 is 46.8 Å². The van der Waals surface area contributed by atoms with Gasteiger partial charge in [0, 0.05) is 73.4 Å². The largest absolute Gasteiger partial charge is 0.437 e. The summed E-state index contributed by atoms with van der Waals surface area (Å²) in [5.74, 6) is -2.64. The van der Waals surface area contributed by atoms with E-state index in [0.717, 1.165) is 23.3 Å². The van der Waals surface area contributed by atoms with Crippen LogP contribution in [0.15, 0.2) is 158 Å². The monoisotopic (exact) mass is 844 g/mol. The van der Waals surface area contributed by atoms with Gasteiger partial charge in [-0.05, 0) is 70.8 Å². The molecular weight excluding hydrogens is 801 g/mol. The van der Waals surface area contributed by atoms with Gasteiger partial charge in [-0.25, -0.2) is 27.2 Å². The molecule has 2 aliphatic rings. The van der Waals surface area contributed by atoms with Crippen molar-refractivity contribution in [1.82, 2.24) is 0 Å². The Morgan fingerprint density at radius 2 is 1.06 bits per heavy atom. The van der Waals surface area contributed by atoms with Crippen LogP contribution < -0.4 is 9.80 Å². The lowest BCUT2D eigenvalue weighted by Crippen LogP contribution is -2.49. The van der Waals surface area contributed by atoms with Gasteiger partial charge in [0.05, 0.1) is 12.7 Å². The molecule has 2 heterocycles. The second-order valence-electron chi connectivity index (χ2n) is 15.1. The number of amides is 2. The smallest absolute Gasteiger partial charge is 0.415 e. The molecule has 8 rings (SSSR count). The molecule has 3 unspecified atom stereocenters. The number of hydrogen-bond acceptors (Lipinski definition) is 6. The van der Waals surface area contributed by atoms with E-state index in [-0.39, 0.29) is 17.5 Å². The predicted molar refractivity (Wildman–Crippen MR) is 229 cm³/mol. The SMILES string of the molecule is C=CCC1(c2ccccc2)CCN(c2cccc(-c3ccc(F)cc3F)c2)C(=O)O1.O=C1OC(CC(O)CO)(c2ccccc2)CCN1c1cccc(-c2ccc(F)cc2F)c1. The molecule has 0 aliphatic carbocycles. The summed E-state index contributed by atoms with van der Waals surface area (Å²) in [7, 11) is 0. The second-order valence-corrected chi connectivity index (χ2v) is 15.1. The Bertz CT molecular complexity index is 2540. The van der Waals surface area contributed by atoms with E-state index in [9.17, 15) is 37.4 Å². The van der Waals surface area contributed by atoms with E-state index in [1.807, 2.05) is 60.7 Å². The van der Waals surface area contributed by atoms with Gasteiger partial charge in [-0.2, -0.15) is 0 Å². The lowest BCUT2D eigenvalue weighted by atomic mass is 9.84. The normalized spacial score (nSPS) is 19.1. The molecule has 3 atom stereocenters. The highest BCUT2D eigenvalue weighted by atomic mass is 19.1. The third-order valence-electron chi connectivity index (χ3n) is 11.1. The molecule has 0 bridgehead atoms. The summed E-state index contributed by atoms with van der Waals surface area (Å²) < 4.78 is 66.8. The standard InChI is InChI=1S/C25H23F2NO4.C25H21F2NO2/c26-19-9-10-22(23(27)14-19)17-5-4-8-20(13-17)28-12-11-25(32-24(28)31,15-21(30)16-29)18-6-2-1-3-7-18;1-2-13-25(19-8-4-3-5-9-19)14-15-28(24(29)30-25)21-10-6-7-18(16-21)22-12-11-20(26)17-23(22)27/h1-10,13-14,21,29-30H,11-12,15-16H2;2-12,16-17H,1,13-15H2. The molecule has 8 nitrogen and oxygen atoms in total. The van der Waals surface area contributed by atoms with Gasteiger partial charge in [-0.15, -0.1) is 6.58 Å². The molecule has 0 spiro atoms. The van der Waals surface area contributed by atoms with Crippen molar-refractivity contribution in [2.24, 2.45) is 0 Å². The van der Waals surface area contributed by atoms with Crippen LogP contribution in [-0.2, 0) is 20.7 Å². The second kappa shape index (κ2) is 18.9. The van der Waals surface area contributed by atoms with Gasteiger partial charge in [0.15, 0.2) is 0 Å². The van der Waals surface area contributed by atoms with Gasteiger partial charge in [0.1, 0.15) is 34.5 Å². The molecule has 2 amide bonds. The molecule has 318 valence electrons. The maximum absolute atomic E-state index is 14.2. The van der Waals surface area contributed by atoms with Crippen LogP contribution in [0.1, 0.15) is 36.8 Å². The van der Waals surface area contributed by atoms with E-state index in [0.29, 0.717) is 54.9 Å². The summed E-state index contributed by atoms with van der Waals surface area (Å²) in [6.07, 6.45) is 1.18. The zero-order valence-corrected chi connectivity index (χ0v) is 33.6. The Morgan fingerprint density at radius 3 is 1.50 bits per heavy atom. The fourth-order valence-electron chi connectivity index (χ4n) is 8.00. The highest BCUT2D eigenvalue weighted by molar-refractivity contribution is 5.91. The van der Waals surface area contributed by atoms with Crippen LogP contribution >= 0.6 is 0 Å². The number of ether oxygens (including phenoxy) is 2. The van der Waals surface area contributed by atoms with Gasteiger partial charge in [0.2, 0.25) is 0 Å². The molecule has 2 fully saturated rings. The molecular formula is C50H44F4N2O6. The quantitative estimate of drug-likeness (QED) is 0.0995. The first-order chi connectivity index (χ1) is 29.9. The molecule has 6 aromatic rings. The highest BCUT2D eigenvalue weighted by Gasteiger charge is 2.44. The molecule has 2 N–H and O–H groups in total. The molecule has 12 heteroatoms. The Morgan fingerprint density at radius 1 is 0.613 bits per heavy atom. The molecule has 0 aromatic heterocycles. The summed E-state index contributed by atoms with van der Waals surface area (Å²) in [5, 5.41) is 19.4. The first-order valence-electron chi connectivity index (χ1n) is 20.1. The lowest BCUT2D eigenvalue weighted by molar-refractivity contribution is -0.0537. The van der Waals surface area contributed by atoms with Crippen molar-refractivity contribution in [3.05, 3.63) is 193 Å². The maximum Gasteiger partial charge on any atom is 0.415 e. The van der Waals surface area contributed by atoms with Crippen molar-refractivity contribution in [2.75, 3.05) is 29.5 Å². The average molecular weight is 845 g/mol. The number of rotatable bonds is 11. The van der Waals surface area contributed by atoms with Crippen LogP contribution in [0.25, 0.3) is 22.3 Å². The number of cyclic esters (lactones) is 2. The maximum atomic E-state index is 14.2. The third-order valence-corrected chi connectivity index (χ3v) is 11.1. The van der Waals surface area contributed by atoms with Crippen molar-refractivity contribution >= 4 is 23.6 Å². The number of benzene rings is 6. The zero-order valence-electron chi connectivity index (χ0n) is 33.6. The van der Waals surface area contributed by atoms with Gasteiger partial charge < -0.3 is 19.7 Å². The minimum Gasteiger partial charge on any atom is -0.437 e. The van der Waals surface area contributed by atoms with Crippen molar-refractivity contribution in [1.29, 1.82) is 0 Å². The fraction of sp³-hybridized carbons (Fsp3) is 0.200. The summed E-state index contributed by atoms with van der Waals surface area (Å²) in [5.41, 5.74) is 2.52. The topological polar surface area (TPSA) is 99.5 Å². The van der Waals surface area contributed by atoms with E-state index in [4.69, 9.17) is 9.47 Å². The van der Waals surface area contributed by atoms with Crippen LogP contribution in [-0.4, -0.2) is 48.2 Å². The van der Waals surface area contributed by atoms with Gasteiger partial charge in [0.25, 0.3) is 0 Å². The highest BCUT2D eigenvalue weighted by Crippen LogP contribution is 2.41. The Hall–Kier alpha value is -6.76. The minimum atomic E-state index is -1.07. The summed E-state index contributed by atoms with van der Waals surface area (Å²) in [6, 6.07) is 39.3. The number of nitrogens with zero attached hydrogens (tertiary/aromatic N) is 2. The van der Waals surface area contributed by atoms with Crippen LogP contribution in [0, 0.1) is 23.3 Å². The Kier molecular flexibility index (Phi) is 13.2. The van der Waals surface area contributed by atoms with Crippen LogP contribution in [0.3, 0.4) is 0 Å². The number of halogens is 4. The van der Waals surface area contributed by atoms with Crippen LogP contribution in [0.4, 0.5) is 38.5 Å². The summed E-state index contributed by atoms with van der Waals surface area (Å²) >= 11 is 0. The fourth-order valence-corrected chi connectivity index (χ4v) is 8.00. The van der Waals surface area contributed by atoms with E-state index in [2.05, 4.69) is 6.58 Å². The Labute approximate surface area is 356 Å². The lowest BCUT2D eigenvalue weighted by Gasteiger charge is -2.42. The van der Waals surface area contributed by atoms with Crippen LogP contribution in [0.5, 0.6) is 0 Å². The van der Waals surface area contributed by atoms with E-state index < -0.39 is 59.4 Å². The van der Waals surface area contributed by atoms with Crippen molar-refractivity contribution in [3.8, 4) is 22.3 Å². The van der Waals surface area contributed by atoms with Gasteiger partial charge >= 0.3 is 12.2 Å². The molecule has 6 aromatic carbocycles. The Balaban J connectivity index is 0.000000187. The van der Waals surface area contributed by atoms with Crippen molar-refractivity contribution in [3.63, 3.8) is 0 Å². The molecule has 2 aliphatic heterocycles. The van der Waals surface area contributed by atoms with E-state index in [1.165, 1.54) is 34.1 Å². The first-order valence-corrected chi connectivity index (χ1v) is 20.1. The molecule has 62 heavy (non-hydrogen) atoms. The molecule has 0 radical (unpaired) electrons. The predicted octanol–water partition coefficient (Wildman–Crippen LogP) is 11.1. The van der Waals surface area contributed by atoms with Gasteiger partial charge in [-0.3, -0.25) is 9.80 Å². The number of aliphatic hydroxyl groups excluding tert-OH is 2. The summed E-state index contributed by atoms with van der Waals surface area (Å²) in [4.78, 5) is 29.0. The summed E-state index contributed by atoms with van der Waals surface area (Å²) in [6.45, 7) is 4.11. The number of carbonyl (C=O) groups excluding carboxylic acids is 2. The number of anilines is 2. The minimum absolute atomic E-state index is 0.0634. The number of carbonyl (C=O) groups is 2. The van der Waals surface area contributed by atoms with Crippen molar-refractivity contribution in [2.45, 2.75) is 43.0 Å². The third kappa shape index (κ3) is 9.41. The number of aliphatic hydroxyl groups is 2. The first kappa shape index (κ1) is 43.3. The molecule has 0 saturated carbocycles. The zero-order chi connectivity index (χ0) is 43.9. The van der Waals surface area contributed by atoms with E-state index >= 15 is 0 Å². The number of hydrogen-bond donors (Lipinski definition) is 2. The van der Waals surface area contributed by atoms with Gasteiger partial charge in [-0.1, -0.05) is 91.0 Å². The average Bonchev–Trinajstić information content (AvgIpc) is 3.27. The van der Waals surface area contributed by atoms with E-state index in [1.54, 1.807) is 54.6 Å².